The van der Waals surface area contributed by atoms with Crippen LogP contribution < -0.4 is 9.80 Å². The third-order valence-electron chi connectivity index (χ3n) is 6.04. The lowest BCUT2D eigenvalue weighted by atomic mass is 10.1. The van der Waals surface area contributed by atoms with Crippen LogP contribution in [0.1, 0.15) is 21.5 Å². The van der Waals surface area contributed by atoms with Gasteiger partial charge in [-0.15, -0.1) is 0 Å². The molecular formula is C25H23F2N5O. The monoisotopic (exact) mass is 447 g/mol. The first-order valence-electron chi connectivity index (χ1n) is 10.9. The second-order valence-corrected chi connectivity index (χ2v) is 8.10. The van der Waals surface area contributed by atoms with E-state index in [1.54, 1.807) is 34.2 Å². The van der Waals surface area contributed by atoms with Crippen LogP contribution in [0.15, 0.2) is 65.8 Å². The van der Waals surface area contributed by atoms with Crippen molar-refractivity contribution in [3.8, 4) is 0 Å². The minimum absolute atomic E-state index is 0.125. The minimum Gasteiger partial charge on any atom is -0.353 e. The smallest absolute Gasteiger partial charge is 0.253 e. The number of pyridine rings is 1. The number of aromatic nitrogens is 1. The van der Waals surface area contributed by atoms with E-state index in [0.717, 1.165) is 5.82 Å². The zero-order chi connectivity index (χ0) is 22.8. The summed E-state index contributed by atoms with van der Waals surface area (Å²) in [7, 11) is 0. The van der Waals surface area contributed by atoms with E-state index in [0.29, 0.717) is 55.2 Å². The number of aliphatic imine (C=N–C) groups is 1. The van der Waals surface area contributed by atoms with Crippen LogP contribution in [0, 0.1) is 11.6 Å². The number of nitrogens with zero attached hydrogens (tertiary/aromatic N) is 5. The fourth-order valence-corrected chi connectivity index (χ4v) is 4.27. The van der Waals surface area contributed by atoms with Gasteiger partial charge in [0.2, 0.25) is 0 Å². The van der Waals surface area contributed by atoms with E-state index in [-0.39, 0.29) is 18.3 Å². The number of piperazine rings is 1. The van der Waals surface area contributed by atoms with Crippen molar-refractivity contribution in [3.05, 3.63) is 89.1 Å². The molecule has 5 rings (SSSR count). The van der Waals surface area contributed by atoms with Crippen LogP contribution in [0.3, 0.4) is 0 Å². The summed E-state index contributed by atoms with van der Waals surface area (Å²) in [6.45, 7) is 2.98. The Morgan fingerprint density at radius 2 is 1.79 bits per heavy atom. The van der Waals surface area contributed by atoms with Gasteiger partial charge in [0, 0.05) is 56.3 Å². The van der Waals surface area contributed by atoms with Gasteiger partial charge in [-0.1, -0.05) is 12.1 Å². The number of benzene rings is 2. The van der Waals surface area contributed by atoms with Crippen molar-refractivity contribution in [1.29, 1.82) is 0 Å². The Bertz CT molecular complexity index is 1190. The molecule has 0 saturated carbocycles. The molecule has 0 atom stereocenters. The highest BCUT2D eigenvalue weighted by Gasteiger charge is 2.24. The number of halogens is 2. The van der Waals surface area contributed by atoms with Crippen LogP contribution in [0.25, 0.3) is 0 Å². The molecule has 2 aromatic carbocycles. The van der Waals surface area contributed by atoms with Gasteiger partial charge in [0.05, 0.1) is 11.3 Å². The molecule has 6 nitrogen and oxygen atoms in total. The zero-order valence-electron chi connectivity index (χ0n) is 18.0. The second-order valence-electron chi connectivity index (χ2n) is 8.10. The maximum absolute atomic E-state index is 14.6. The molecule has 1 saturated heterocycles. The molecule has 0 spiro atoms. The molecule has 3 aromatic rings. The molecule has 0 N–H and O–H groups in total. The zero-order valence-corrected chi connectivity index (χ0v) is 18.0. The number of amides is 1. The Labute approximate surface area is 190 Å². The first kappa shape index (κ1) is 21.1. The molecular weight excluding hydrogens is 424 g/mol. The van der Waals surface area contributed by atoms with Gasteiger partial charge in [-0.3, -0.25) is 9.79 Å². The summed E-state index contributed by atoms with van der Waals surface area (Å²) in [5.41, 5.74) is 1.87. The number of carbonyl (C=O) groups is 1. The molecule has 1 fully saturated rings. The first-order chi connectivity index (χ1) is 16.1. The molecule has 2 aliphatic rings. The average molecular weight is 447 g/mol. The Balaban J connectivity index is 1.30. The Kier molecular flexibility index (Phi) is 5.73. The highest BCUT2D eigenvalue weighted by atomic mass is 19.1. The standard InChI is InChI=1S/C25H23F2N5O/c26-21-8-7-18(25(33)31-12-10-30(11-13-31)24-6-1-2-9-29-24)14-19(21)16-32-17-28-15-20-22(27)4-3-5-23(20)32/h1-9,14-15H,10-13,16-17H2. The SMILES string of the molecule is O=C(c1ccc(F)c(CN2CN=Cc3c(F)cccc32)c1)N1CCN(c2ccccn2)CC1. The third kappa shape index (κ3) is 4.28. The maximum atomic E-state index is 14.6. The number of hydrogen-bond donors (Lipinski definition) is 0. The maximum Gasteiger partial charge on any atom is 0.253 e. The predicted molar refractivity (Wildman–Crippen MR) is 124 cm³/mol. The first-order valence-corrected chi connectivity index (χ1v) is 10.9. The van der Waals surface area contributed by atoms with Gasteiger partial charge in [-0.25, -0.2) is 13.8 Å². The molecule has 0 bridgehead atoms. The molecule has 1 aromatic heterocycles. The van der Waals surface area contributed by atoms with Crippen molar-refractivity contribution in [2.24, 2.45) is 4.99 Å². The molecule has 3 heterocycles. The van der Waals surface area contributed by atoms with Crippen LogP contribution in [-0.4, -0.2) is 54.9 Å². The van der Waals surface area contributed by atoms with Crippen molar-refractivity contribution in [1.82, 2.24) is 9.88 Å². The lowest BCUT2D eigenvalue weighted by Crippen LogP contribution is -2.49. The van der Waals surface area contributed by atoms with E-state index in [4.69, 9.17) is 0 Å². The van der Waals surface area contributed by atoms with Crippen molar-refractivity contribution in [2.45, 2.75) is 6.54 Å². The van der Waals surface area contributed by atoms with Crippen molar-refractivity contribution in [2.75, 3.05) is 42.6 Å². The predicted octanol–water partition coefficient (Wildman–Crippen LogP) is 3.72. The summed E-state index contributed by atoms with van der Waals surface area (Å²) in [6, 6.07) is 15.0. The fourth-order valence-electron chi connectivity index (χ4n) is 4.27. The van der Waals surface area contributed by atoms with E-state index in [1.165, 1.54) is 24.4 Å². The van der Waals surface area contributed by atoms with Gasteiger partial charge in [0.1, 0.15) is 24.1 Å². The molecule has 0 unspecified atom stereocenters. The number of fused-ring (bicyclic) bond motifs is 1. The number of hydrogen-bond acceptors (Lipinski definition) is 5. The molecule has 1 amide bonds. The second kappa shape index (κ2) is 8.97. The van der Waals surface area contributed by atoms with Crippen LogP contribution in [0.2, 0.25) is 0 Å². The molecule has 33 heavy (non-hydrogen) atoms. The lowest BCUT2D eigenvalue weighted by Gasteiger charge is -2.35. The summed E-state index contributed by atoms with van der Waals surface area (Å²) < 4.78 is 28.8. The Hall–Kier alpha value is -3.81. The van der Waals surface area contributed by atoms with E-state index < -0.39 is 5.82 Å². The van der Waals surface area contributed by atoms with E-state index in [9.17, 15) is 13.6 Å². The molecule has 0 aliphatic carbocycles. The summed E-state index contributed by atoms with van der Waals surface area (Å²) >= 11 is 0. The molecule has 2 aliphatic heterocycles. The minimum atomic E-state index is -0.404. The third-order valence-corrected chi connectivity index (χ3v) is 6.04. The van der Waals surface area contributed by atoms with Gasteiger partial charge in [-0.05, 0) is 42.5 Å². The van der Waals surface area contributed by atoms with Crippen LogP contribution in [-0.2, 0) is 6.54 Å². The number of rotatable bonds is 4. The van der Waals surface area contributed by atoms with Gasteiger partial charge in [0.25, 0.3) is 5.91 Å². The van der Waals surface area contributed by atoms with E-state index >= 15 is 0 Å². The fraction of sp³-hybridized carbons (Fsp3) is 0.240. The summed E-state index contributed by atoms with van der Waals surface area (Å²) in [4.78, 5) is 27.4. The highest BCUT2D eigenvalue weighted by molar-refractivity contribution is 5.94. The molecule has 0 radical (unpaired) electrons. The van der Waals surface area contributed by atoms with Crippen LogP contribution in [0.4, 0.5) is 20.3 Å². The quantitative estimate of drug-likeness (QED) is 0.612. The Morgan fingerprint density at radius 1 is 0.939 bits per heavy atom. The summed E-state index contributed by atoms with van der Waals surface area (Å²) in [6.07, 6.45) is 3.26. The number of anilines is 2. The van der Waals surface area contributed by atoms with Crippen LogP contribution in [0.5, 0.6) is 0 Å². The summed E-state index contributed by atoms with van der Waals surface area (Å²) in [5.74, 6) is 0.00355. The largest absolute Gasteiger partial charge is 0.353 e. The van der Waals surface area contributed by atoms with Gasteiger partial charge in [0.15, 0.2) is 0 Å². The lowest BCUT2D eigenvalue weighted by molar-refractivity contribution is 0.0746. The Morgan fingerprint density at radius 3 is 2.58 bits per heavy atom. The van der Waals surface area contributed by atoms with Crippen molar-refractivity contribution in [3.63, 3.8) is 0 Å². The molecule has 168 valence electrons. The normalized spacial score (nSPS) is 15.5. The van der Waals surface area contributed by atoms with E-state index in [2.05, 4.69) is 14.9 Å². The average Bonchev–Trinajstić information content (AvgIpc) is 2.86. The van der Waals surface area contributed by atoms with Gasteiger partial charge in [-0.2, -0.15) is 0 Å². The van der Waals surface area contributed by atoms with Crippen LogP contribution >= 0.6 is 0 Å². The van der Waals surface area contributed by atoms with E-state index in [1.807, 2.05) is 18.2 Å². The van der Waals surface area contributed by atoms with Gasteiger partial charge < -0.3 is 14.7 Å². The van der Waals surface area contributed by atoms with Crippen molar-refractivity contribution < 1.29 is 13.6 Å². The van der Waals surface area contributed by atoms with Crippen molar-refractivity contribution >= 4 is 23.6 Å². The molecule has 8 heteroatoms. The van der Waals surface area contributed by atoms with Gasteiger partial charge >= 0.3 is 0 Å². The summed E-state index contributed by atoms with van der Waals surface area (Å²) in [5, 5.41) is 0. The highest BCUT2D eigenvalue weighted by Crippen LogP contribution is 2.27. The topological polar surface area (TPSA) is 52.0 Å². The number of carbonyl (C=O) groups excluding carboxylic acids is 1.